The van der Waals surface area contributed by atoms with Crippen LogP contribution in [0.25, 0.3) is 0 Å². The highest BCUT2D eigenvalue weighted by molar-refractivity contribution is 5.44. The molecule has 0 aliphatic rings. The summed E-state index contributed by atoms with van der Waals surface area (Å²) in [5, 5.41) is 3.92. The number of benzene rings is 3. The van der Waals surface area contributed by atoms with Gasteiger partial charge < -0.3 is 5.32 Å². The van der Waals surface area contributed by atoms with Gasteiger partial charge in [0.2, 0.25) is 0 Å². The van der Waals surface area contributed by atoms with Crippen molar-refractivity contribution in [3.8, 4) is 0 Å². The van der Waals surface area contributed by atoms with Gasteiger partial charge in [0, 0.05) is 12.0 Å². The van der Waals surface area contributed by atoms with Gasteiger partial charge in [-0.2, -0.15) is 0 Å². The molecule has 0 aliphatic carbocycles. The van der Waals surface area contributed by atoms with E-state index in [1.165, 1.54) is 16.7 Å². The Morgan fingerprint density at radius 3 is 1.40 bits per heavy atom. The van der Waals surface area contributed by atoms with Crippen LogP contribution in [0.15, 0.2) is 91.0 Å². The molecule has 0 saturated heterocycles. The van der Waals surface area contributed by atoms with Gasteiger partial charge in [-0.05, 0) is 30.5 Å². The summed E-state index contributed by atoms with van der Waals surface area (Å²) in [6.07, 6.45) is 0. The maximum atomic E-state index is 3.92. The summed E-state index contributed by atoms with van der Waals surface area (Å²) in [6, 6.07) is 32.8. The Balaban J connectivity index is 2.25. The van der Waals surface area contributed by atoms with Gasteiger partial charge in [0.25, 0.3) is 0 Å². The summed E-state index contributed by atoms with van der Waals surface area (Å²) in [5.74, 6) is 0.279. The first-order chi connectivity index (χ1) is 12.1. The zero-order valence-electron chi connectivity index (χ0n) is 15.3. The zero-order chi connectivity index (χ0) is 17.7. The van der Waals surface area contributed by atoms with Crippen molar-refractivity contribution >= 4 is 0 Å². The quantitative estimate of drug-likeness (QED) is 0.609. The average molecular weight is 329 g/mol. The smallest absolute Gasteiger partial charge is 0.0759 e. The van der Waals surface area contributed by atoms with Crippen molar-refractivity contribution in [2.45, 2.75) is 38.3 Å². The predicted molar refractivity (Wildman–Crippen MR) is 107 cm³/mol. The van der Waals surface area contributed by atoms with E-state index in [4.69, 9.17) is 0 Å². The zero-order valence-corrected chi connectivity index (χ0v) is 15.3. The van der Waals surface area contributed by atoms with Crippen LogP contribution in [0.2, 0.25) is 0 Å². The van der Waals surface area contributed by atoms with E-state index in [9.17, 15) is 0 Å². The highest BCUT2D eigenvalue weighted by atomic mass is 15.0. The van der Waals surface area contributed by atoms with E-state index in [-0.39, 0.29) is 11.5 Å². The Kier molecular flexibility index (Phi) is 5.35. The van der Waals surface area contributed by atoms with E-state index in [2.05, 4.69) is 117 Å². The van der Waals surface area contributed by atoms with Crippen LogP contribution in [0, 0.1) is 0 Å². The summed E-state index contributed by atoms with van der Waals surface area (Å²) in [7, 11) is 0. The summed E-state index contributed by atoms with van der Waals surface area (Å²) in [6.45, 7) is 6.77. The van der Waals surface area contributed by atoms with E-state index in [0.717, 1.165) is 0 Å². The highest BCUT2D eigenvalue weighted by Gasteiger charge is 2.40. The molecule has 0 bridgehead atoms. The Bertz CT molecular complexity index is 723. The van der Waals surface area contributed by atoms with Crippen molar-refractivity contribution in [3.05, 3.63) is 108 Å². The Hall–Kier alpha value is -2.38. The van der Waals surface area contributed by atoms with E-state index in [0.29, 0.717) is 6.04 Å². The molecule has 128 valence electrons. The van der Waals surface area contributed by atoms with Crippen LogP contribution >= 0.6 is 0 Å². The molecular weight excluding hydrogens is 302 g/mol. The second-order valence-corrected chi connectivity index (χ2v) is 6.97. The molecule has 0 aliphatic heterocycles. The van der Waals surface area contributed by atoms with Gasteiger partial charge in [0.1, 0.15) is 0 Å². The predicted octanol–water partition coefficient (Wildman–Crippen LogP) is 5.73. The molecule has 1 unspecified atom stereocenters. The van der Waals surface area contributed by atoms with Crippen LogP contribution in [-0.2, 0) is 5.54 Å². The first kappa shape index (κ1) is 17.4. The molecule has 0 radical (unpaired) electrons. The topological polar surface area (TPSA) is 12.0 Å². The molecule has 1 nitrogen and oxygen atoms in total. The van der Waals surface area contributed by atoms with Crippen molar-refractivity contribution in [1.82, 2.24) is 5.32 Å². The molecule has 3 aromatic rings. The van der Waals surface area contributed by atoms with Crippen molar-refractivity contribution in [1.29, 1.82) is 0 Å². The summed E-state index contributed by atoms with van der Waals surface area (Å²) >= 11 is 0. The van der Waals surface area contributed by atoms with Crippen molar-refractivity contribution in [3.63, 3.8) is 0 Å². The van der Waals surface area contributed by atoms with Crippen molar-refractivity contribution in [2.75, 3.05) is 0 Å². The number of hydrogen-bond donors (Lipinski definition) is 1. The van der Waals surface area contributed by atoms with Gasteiger partial charge in [-0.25, -0.2) is 0 Å². The first-order valence-electron chi connectivity index (χ1n) is 9.08. The van der Waals surface area contributed by atoms with Gasteiger partial charge >= 0.3 is 0 Å². The molecule has 3 aromatic carbocycles. The summed E-state index contributed by atoms with van der Waals surface area (Å²) in [5.41, 5.74) is 3.65. The molecule has 0 aromatic heterocycles. The third kappa shape index (κ3) is 3.52. The second-order valence-electron chi connectivity index (χ2n) is 6.97. The number of hydrogen-bond acceptors (Lipinski definition) is 1. The van der Waals surface area contributed by atoms with Crippen LogP contribution in [0.1, 0.15) is 43.4 Å². The Labute approximate surface area is 151 Å². The molecule has 0 saturated carbocycles. The van der Waals surface area contributed by atoms with Crippen LogP contribution in [0.4, 0.5) is 0 Å². The van der Waals surface area contributed by atoms with Gasteiger partial charge in [0.15, 0.2) is 0 Å². The fraction of sp³-hybridized carbons (Fsp3) is 0.250. The van der Waals surface area contributed by atoms with Crippen LogP contribution in [-0.4, -0.2) is 6.04 Å². The lowest BCUT2D eigenvalue weighted by molar-refractivity contribution is 0.314. The van der Waals surface area contributed by atoms with E-state index in [1.807, 2.05) is 0 Å². The summed E-state index contributed by atoms with van der Waals surface area (Å²) in [4.78, 5) is 0. The highest BCUT2D eigenvalue weighted by Crippen LogP contribution is 2.42. The molecule has 0 heterocycles. The molecule has 1 N–H and O–H groups in total. The van der Waals surface area contributed by atoms with Gasteiger partial charge in [0.05, 0.1) is 5.54 Å². The van der Waals surface area contributed by atoms with Crippen molar-refractivity contribution < 1.29 is 0 Å². The molecule has 0 fully saturated rings. The molecule has 0 amide bonds. The first-order valence-corrected chi connectivity index (χ1v) is 9.08. The largest absolute Gasteiger partial charge is 0.301 e. The van der Waals surface area contributed by atoms with E-state index < -0.39 is 0 Å². The molecule has 25 heavy (non-hydrogen) atoms. The van der Waals surface area contributed by atoms with E-state index in [1.54, 1.807) is 0 Å². The van der Waals surface area contributed by atoms with Gasteiger partial charge in [-0.15, -0.1) is 0 Å². The van der Waals surface area contributed by atoms with E-state index >= 15 is 0 Å². The minimum Gasteiger partial charge on any atom is -0.301 e. The average Bonchev–Trinajstić information content (AvgIpc) is 2.67. The third-order valence-electron chi connectivity index (χ3n) is 4.92. The van der Waals surface area contributed by atoms with Crippen LogP contribution in [0.5, 0.6) is 0 Å². The maximum absolute atomic E-state index is 3.92. The number of nitrogens with one attached hydrogen (secondary N) is 1. The minimum atomic E-state index is -0.280. The standard InChI is InChI=1S/C24H27N/c1-19(2)25-24(22-15-9-5-10-16-22,23-17-11-6-12-18-23)20(3)21-13-7-4-8-14-21/h4-20,25H,1-3H3. The summed E-state index contributed by atoms with van der Waals surface area (Å²) < 4.78 is 0. The lowest BCUT2D eigenvalue weighted by atomic mass is 9.70. The maximum Gasteiger partial charge on any atom is 0.0759 e. The monoisotopic (exact) mass is 329 g/mol. The molecule has 1 atom stereocenters. The molecule has 0 spiro atoms. The fourth-order valence-corrected chi connectivity index (χ4v) is 3.81. The molecule has 3 rings (SSSR count). The van der Waals surface area contributed by atoms with Crippen LogP contribution < -0.4 is 5.32 Å². The SMILES string of the molecule is CC(C)NC(c1ccccc1)(c1ccccc1)C(C)c1ccccc1. The van der Waals surface area contributed by atoms with Crippen molar-refractivity contribution in [2.24, 2.45) is 0 Å². The van der Waals surface area contributed by atoms with Gasteiger partial charge in [-0.3, -0.25) is 0 Å². The molecule has 1 heteroatoms. The number of rotatable bonds is 6. The Morgan fingerprint density at radius 1 is 0.600 bits per heavy atom. The normalized spacial score (nSPS) is 13.0. The Morgan fingerprint density at radius 2 is 1.00 bits per heavy atom. The molecular formula is C24H27N. The lowest BCUT2D eigenvalue weighted by Crippen LogP contribution is -2.50. The lowest BCUT2D eigenvalue weighted by Gasteiger charge is -2.43. The van der Waals surface area contributed by atoms with Gasteiger partial charge in [-0.1, -0.05) is 97.9 Å². The fourth-order valence-electron chi connectivity index (χ4n) is 3.81. The third-order valence-corrected chi connectivity index (χ3v) is 4.92. The van der Waals surface area contributed by atoms with Crippen LogP contribution in [0.3, 0.4) is 0 Å². The minimum absolute atomic E-state index is 0.279. The second kappa shape index (κ2) is 7.67.